The number of amides is 1. The van der Waals surface area contributed by atoms with Crippen LogP contribution in [0.5, 0.6) is 17.2 Å². The van der Waals surface area contributed by atoms with E-state index in [0.717, 1.165) is 5.56 Å². The lowest BCUT2D eigenvalue weighted by atomic mass is 10.2. The lowest BCUT2D eigenvalue weighted by molar-refractivity contribution is -0.122. The van der Waals surface area contributed by atoms with Gasteiger partial charge in [0.05, 0.1) is 25.9 Å². The Balaban J connectivity index is 2.17. The summed E-state index contributed by atoms with van der Waals surface area (Å²) in [7, 11) is 3.05. The van der Waals surface area contributed by atoms with E-state index in [0.29, 0.717) is 28.5 Å². The van der Waals surface area contributed by atoms with E-state index < -0.39 is 6.10 Å². The van der Waals surface area contributed by atoms with Crippen LogP contribution in [0.4, 0.5) is 5.69 Å². The Morgan fingerprint density at radius 1 is 1.16 bits per heavy atom. The minimum atomic E-state index is -0.795. The van der Waals surface area contributed by atoms with Crippen LogP contribution in [0.2, 0.25) is 0 Å². The van der Waals surface area contributed by atoms with Gasteiger partial charge < -0.3 is 19.5 Å². The van der Waals surface area contributed by atoms with E-state index in [9.17, 15) is 4.79 Å². The van der Waals surface area contributed by atoms with Gasteiger partial charge in [0, 0.05) is 5.69 Å². The molecule has 25 heavy (non-hydrogen) atoms. The number of rotatable bonds is 6. The number of hydrogen-bond acceptors (Lipinski definition) is 5. The number of hydrogen-bond donors (Lipinski definition) is 1. The fourth-order valence-corrected chi connectivity index (χ4v) is 2.27. The van der Waals surface area contributed by atoms with E-state index >= 15 is 0 Å². The third-order valence-electron chi connectivity index (χ3n) is 3.53. The largest absolute Gasteiger partial charge is 0.493 e. The molecule has 0 radical (unpaired) electrons. The van der Waals surface area contributed by atoms with Gasteiger partial charge in [0.25, 0.3) is 5.91 Å². The van der Waals surface area contributed by atoms with Crippen molar-refractivity contribution in [2.24, 2.45) is 0 Å². The highest BCUT2D eigenvalue weighted by molar-refractivity contribution is 5.94. The van der Waals surface area contributed by atoms with Crippen molar-refractivity contribution < 1.29 is 19.0 Å². The molecule has 0 aromatic heterocycles. The highest BCUT2D eigenvalue weighted by Gasteiger charge is 2.21. The van der Waals surface area contributed by atoms with E-state index in [-0.39, 0.29) is 5.91 Å². The highest BCUT2D eigenvalue weighted by Crippen LogP contribution is 2.39. The summed E-state index contributed by atoms with van der Waals surface area (Å²) in [5.41, 5.74) is 1.95. The first-order valence-electron chi connectivity index (χ1n) is 7.68. The van der Waals surface area contributed by atoms with Crippen molar-refractivity contribution in [1.82, 2.24) is 0 Å². The molecule has 2 aromatic rings. The maximum absolute atomic E-state index is 12.4. The molecule has 0 aliphatic carbocycles. The zero-order chi connectivity index (χ0) is 18.4. The molecule has 1 atom stereocenters. The summed E-state index contributed by atoms with van der Waals surface area (Å²) in [5.74, 6) is 0.995. The van der Waals surface area contributed by atoms with Crippen molar-refractivity contribution in [3.8, 4) is 23.3 Å². The van der Waals surface area contributed by atoms with Crippen molar-refractivity contribution in [2.45, 2.75) is 20.0 Å². The third-order valence-corrected chi connectivity index (χ3v) is 3.53. The zero-order valence-corrected chi connectivity index (χ0v) is 14.6. The Morgan fingerprint density at radius 3 is 2.36 bits per heavy atom. The van der Waals surface area contributed by atoms with Crippen molar-refractivity contribution >= 4 is 11.6 Å². The number of carbonyl (C=O) groups excluding carboxylic acids is 1. The smallest absolute Gasteiger partial charge is 0.265 e. The number of methoxy groups -OCH3 is 2. The summed E-state index contributed by atoms with van der Waals surface area (Å²) >= 11 is 0. The number of nitrogens with zero attached hydrogens (tertiary/aromatic N) is 1. The van der Waals surface area contributed by atoms with E-state index in [2.05, 4.69) is 5.32 Å². The van der Waals surface area contributed by atoms with Gasteiger partial charge in [0.2, 0.25) is 5.75 Å². The fraction of sp³-hybridized carbons (Fsp3) is 0.263. The maximum atomic E-state index is 12.4. The van der Waals surface area contributed by atoms with Gasteiger partial charge in [-0.1, -0.05) is 6.07 Å². The molecule has 6 nitrogen and oxygen atoms in total. The van der Waals surface area contributed by atoms with Crippen LogP contribution >= 0.6 is 0 Å². The lowest BCUT2D eigenvalue weighted by Gasteiger charge is -2.19. The van der Waals surface area contributed by atoms with Gasteiger partial charge in [-0.3, -0.25) is 4.79 Å². The van der Waals surface area contributed by atoms with Gasteiger partial charge in [-0.2, -0.15) is 5.26 Å². The Morgan fingerprint density at radius 2 is 1.80 bits per heavy atom. The first-order chi connectivity index (χ1) is 12.0. The van der Waals surface area contributed by atoms with E-state index in [1.807, 2.05) is 13.0 Å². The Hall–Kier alpha value is -3.20. The summed E-state index contributed by atoms with van der Waals surface area (Å²) in [4.78, 5) is 12.4. The predicted molar refractivity (Wildman–Crippen MR) is 94.2 cm³/mol. The molecular formula is C19H20N2O4. The monoisotopic (exact) mass is 340 g/mol. The minimum Gasteiger partial charge on any atom is -0.493 e. The number of carbonyl (C=O) groups is 1. The van der Waals surface area contributed by atoms with Crippen LogP contribution in [0.15, 0.2) is 36.4 Å². The number of anilines is 1. The van der Waals surface area contributed by atoms with Crippen LogP contribution in [0.25, 0.3) is 0 Å². The van der Waals surface area contributed by atoms with Crippen LogP contribution in [-0.2, 0) is 4.79 Å². The minimum absolute atomic E-state index is 0.347. The van der Waals surface area contributed by atoms with Crippen LogP contribution in [0, 0.1) is 18.3 Å². The van der Waals surface area contributed by atoms with Crippen molar-refractivity contribution in [3.63, 3.8) is 0 Å². The quantitative estimate of drug-likeness (QED) is 0.873. The number of ether oxygens (including phenoxy) is 3. The zero-order valence-electron chi connectivity index (χ0n) is 14.6. The van der Waals surface area contributed by atoms with Gasteiger partial charge in [0.1, 0.15) is 0 Å². The highest BCUT2D eigenvalue weighted by atomic mass is 16.5. The first kappa shape index (κ1) is 18.1. The third kappa shape index (κ3) is 4.42. The van der Waals surface area contributed by atoms with Crippen LogP contribution in [0.1, 0.15) is 18.1 Å². The normalized spacial score (nSPS) is 11.2. The van der Waals surface area contributed by atoms with E-state index in [1.54, 1.807) is 43.3 Å². The second-order valence-corrected chi connectivity index (χ2v) is 5.44. The molecule has 0 saturated carbocycles. The van der Waals surface area contributed by atoms with Crippen LogP contribution in [-0.4, -0.2) is 26.2 Å². The van der Waals surface area contributed by atoms with Gasteiger partial charge in [-0.05, 0) is 49.7 Å². The van der Waals surface area contributed by atoms with E-state index in [1.165, 1.54) is 14.2 Å². The summed E-state index contributed by atoms with van der Waals surface area (Å²) in [6, 6.07) is 12.3. The van der Waals surface area contributed by atoms with Crippen LogP contribution < -0.4 is 19.5 Å². The molecule has 0 fully saturated rings. The molecule has 0 aliphatic heterocycles. The molecule has 2 rings (SSSR count). The van der Waals surface area contributed by atoms with E-state index in [4.69, 9.17) is 19.5 Å². The molecule has 0 heterocycles. The molecular weight excluding hydrogens is 320 g/mol. The second kappa shape index (κ2) is 8.06. The molecule has 1 N–H and O–H groups in total. The Bertz CT molecular complexity index is 786. The first-order valence-corrected chi connectivity index (χ1v) is 7.68. The molecule has 0 aliphatic rings. The lowest BCUT2D eigenvalue weighted by Crippen LogP contribution is -2.30. The van der Waals surface area contributed by atoms with Gasteiger partial charge >= 0.3 is 0 Å². The number of aryl methyl sites for hydroxylation is 1. The van der Waals surface area contributed by atoms with Crippen molar-refractivity contribution in [2.75, 3.05) is 19.5 Å². The summed E-state index contributed by atoms with van der Waals surface area (Å²) in [6.07, 6.45) is -0.795. The standard InChI is InChI=1S/C19H20N2O4/c1-12-8-16(23-3)18(17(9-12)24-4)25-13(2)19(22)21-15-7-5-6-14(10-15)11-20/h5-10,13H,1-4H3,(H,21,22)/t13-/m1/s1. The van der Waals surface area contributed by atoms with Gasteiger partial charge in [-0.15, -0.1) is 0 Å². The molecule has 130 valence electrons. The topological polar surface area (TPSA) is 80.6 Å². The Labute approximate surface area is 146 Å². The summed E-state index contributed by atoms with van der Waals surface area (Å²) in [6.45, 7) is 3.54. The Kier molecular flexibility index (Phi) is 5.85. The molecule has 0 unspecified atom stereocenters. The molecule has 0 saturated heterocycles. The molecule has 6 heteroatoms. The van der Waals surface area contributed by atoms with Crippen molar-refractivity contribution in [3.05, 3.63) is 47.5 Å². The summed E-state index contributed by atoms with van der Waals surface area (Å²) in [5, 5.41) is 11.6. The average molecular weight is 340 g/mol. The summed E-state index contributed by atoms with van der Waals surface area (Å²) < 4.78 is 16.4. The molecule has 1 amide bonds. The second-order valence-electron chi connectivity index (χ2n) is 5.44. The van der Waals surface area contributed by atoms with Gasteiger partial charge in [-0.25, -0.2) is 0 Å². The average Bonchev–Trinajstić information content (AvgIpc) is 2.62. The SMILES string of the molecule is COc1cc(C)cc(OC)c1O[C@H](C)C(=O)Nc1cccc(C#N)c1. The molecule has 2 aromatic carbocycles. The number of nitrogens with one attached hydrogen (secondary N) is 1. The molecule has 0 bridgehead atoms. The number of nitriles is 1. The number of benzene rings is 2. The van der Waals surface area contributed by atoms with Crippen LogP contribution in [0.3, 0.4) is 0 Å². The fourth-order valence-electron chi connectivity index (χ4n) is 2.27. The van der Waals surface area contributed by atoms with Gasteiger partial charge in [0.15, 0.2) is 17.6 Å². The molecule has 0 spiro atoms. The predicted octanol–water partition coefficient (Wildman–Crippen LogP) is 3.29. The maximum Gasteiger partial charge on any atom is 0.265 e. The van der Waals surface area contributed by atoms with Crippen molar-refractivity contribution in [1.29, 1.82) is 5.26 Å².